The number of carbonyl (C=O) groups is 3. The van der Waals surface area contributed by atoms with Crippen LogP contribution in [0.3, 0.4) is 0 Å². The summed E-state index contributed by atoms with van der Waals surface area (Å²) in [5.41, 5.74) is -0.447. The number of hydrogen-bond acceptors (Lipinski definition) is 6. The van der Waals surface area contributed by atoms with Crippen LogP contribution in [0.2, 0.25) is 0 Å². The molecule has 6 atom stereocenters. The van der Waals surface area contributed by atoms with Gasteiger partial charge >= 0.3 is 5.97 Å². The summed E-state index contributed by atoms with van der Waals surface area (Å²) in [6.45, 7) is 16.0. The standard InChI is InChI=1S/C24H40N2O5S/c1-9-31-20(30)16-15-19(29)26(14(2)12-27)17(24(15)11-10-23(16,8)32-24)18(28)25-22(6,7)13-21(3,4)5/h14-17,27H,9-13H2,1-8H3,(H,25,28)/t14-,15+,16+,17?,23-,24?/m1/s1. The number of nitrogens with one attached hydrogen (secondary N) is 1. The number of aliphatic hydroxyl groups is 1. The molecule has 2 amide bonds. The van der Waals surface area contributed by atoms with E-state index in [1.807, 2.05) is 20.8 Å². The van der Waals surface area contributed by atoms with Crippen LogP contribution in [0.1, 0.15) is 74.7 Å². The molecule has 32 heavy (non-hydrogen) atoms. The molecule has 8 heteroatoms. The second-order valence-electron chi connectivity index (χ2n) is 11.9. The Bertz CT molecular complexity index is 794. The third kappa shape index (κ3) is 4.06. The van der Waals surface area contributed by atoms with E-state index in [2.05, 4.69) is 26.1 Å². The largest absolute Gasteiger partial charge is 0.466 e. The van der Waals surface area contributed by atoms with E-state index in [0.717, 1.165) is 12.8 Å². The zero-order valence-electron chi connectivity index (χ0n) is 20.8. The summed E-state index contributed by atoms with van der Waals surface area (Å²) in [5.74, 6) is -1.96. The first-order valence-electron chi connectivity index (χ1n) is 11.7. The minimum atomic E-state index is -0.729. The van der Waals surface area contributed by atoms with Crippen LogP contribution in [0.5, 0.6) is 0 Å². The van der Waals surface area contributed by atoms with Gasteiger partial charge in [0.2, 0.25) is 11.8 Å². The first-order chi connectivity index (χ1) is 14.6. The lowest BCUT2D eigenvalue weighted by atomic mass is 9.66. The summed E-state index contributed by atoms with van der Waals surface area (Å²) >= 11 is 1.62. The summed E-state index contributed by atoms with van der Waals surface area (Å²) in [5, 5.41) is 13.1. The van der Waals surface area contributed by atoms with E-state index in [1.165, 1.54) is 0 Å². The highest BCUT2D eigenvalue weighted by Crippen LogP contribution is 2.71. The number of rotatable bonds is 7. The van der Waals surface area contributed by atoms with Crippen molar-refractivity contribution < 1.29 is 24.2 Å². The van der Waals surface area contributed by atoms with Gasteiger partial charge in [-0.05, 0) is 59.3 Å². The highest BCUT2D eigenvalue weighted by Gasteiger charge is 2.77. The van der Waals surface area contributed by atoms with Crippen LogP contribution in [0, 0.1) is 17.3 Å². The molecule has 3 rings (SSSR count). The Morgan fingerprint density at radius 1 is 1.28 bits per heavy atom. The predicted molar refractivity (Wildman–Crippen MR) is 125 cm³/mol. The lowest BCUT2D eigenvalue weighted by Crippen LogP contribution is -2.59. The second kappa shape index (κ2) is 8.19. The molecule has 0 aliphatic carbocycles. The molecule has 7 nitrogen and oxygen atoms in total. The first kappa shape index (κ1) is 25.3. The van der Waals surface area contributed by atoms with Gasteiger partial charge in [0.1, 0.15) is 6.04 Å². The van der Waals surface area contributed by atoms with Gasteiger partial charge in [-0.1, -0.05) is 20.8 Å². The first-order valence-corrected chi connectivity index (χ1v) is 12.6. The van der Waals surface area contributed by atoms with Crippen molar-refractivity contribution in [2.45, 2.75) is 102 Å². The smallest absolute Gasteiger partial charge is 0.311 e. The Hall–Kier alpha value is -1.28. The number of esters is 1. The predicted octanol–water partition coefficient (Wildman–Crippen LogP) is 2.74. The third-order valence-corrected chi connectivity index (χ3v) is 9.16. The van der Waals surface area contributed by atoms with Crippen molar-refractivity contribution in [1.29, 1.82) is 0 Å². The van der Waals surface area contributed by atoms with Gasteiger partial charge in [0, 0.05) is 10.3 Å². The molecule has 182 valence electrons. The molecule has 0 saturated carbocycles. The van der Waals surface area contributed by atoms with Gasteiger partial charge in [0.25, 0.3) is 0 Å². The van der Waals surface area contributed by atoms with E-state index >= 15 is 0 Å². The minimum absolute atomic E-state index is 0.0181. The van der Waals surface area contributed by atoms with Gasteiger partial charge in [0.05, 0.1) is 35.8 Å². The molecule has 2 N–H and O–H groups in total. The molecule has 0 aromatic rings. The molecule has 3 saturated heterocycles. The van der Waals surface area contributed by atoms with Gasteiger partial charge in [0.15, 0.2) is 0 Å². The SMILES string of the molecule is CCOC(=O)[C@@H]1[C@H]2C(=O)N([C@H](C)CO)C(C(=O)NC(C)(C)CC(C)(C)C)C23CC[C@@]1(C)S3. The van der Waals surface area contributed by atoms with Gasteiger partial charge in [-0.2, -0.15) is 0 Å². The number of aliphatic hydroxyl groups excluding tert-OH is 1. The van der Waals surface area contributed by atoms with Gasteiger partial charge in [-0.25, -0.2) is 0 Å². The maximum atomic E-state index is 13.8. The van der Waals surface area contributed by atoms with E-state index in [1.54, 1.807) is 30.5 Å². The summed E-state index contributed by atoms with van der Waals surface area (Å²) in [6.07, 6.45) is 2.21. The average molecular weight is 469 g/mol. The summed E-state index contributed by atoms with van der Waals surface area (Å²) in [7, 11) is 0. The highest BCUT2D eigenvalue weighted by molar-refractivity contribution is 8.02. The number of hydrogen-bond donors (Lipinski definition) is 2. The molecule has 2 bridgehead atoms. The highest BCUT2D eigenvalue weighted by atomic mass is 32.2. The van der Waals surface area contributed by atoms with E-state index in [9.17, 15) is 19.5 Å². The number of amides is 2. The zero-order valence-corrected chi connectivity index (χ0v) is 21.6. The average Bonchev–Trinajstić information content (AvgIpc) is 3.19. The van der Waals surface area contributed by atoms with Crippen LogP contribution < -0.4 is 5.32 Å². The Morgan fingerprint density at radius 3 is 2.44 bits per heavy atom. The van der Waals surface area contributed by atoms with Gasteiger partial charge in [-0.15, -0.1) is 11.8 Å². The monoisotopic (exact) mass is 468 g/mol. The molecule has 3 aliphatic heterocycles. The maximum absolute atomic E-state index is 13.8. The van der Waals surface area contributed by atoms with E-state index in [0.29, 0.717) is 6.42 Å². The Balaban J connectivity index is 2.02. The zero-order chi connectivity index (χ0) is 24.3. The van der Waals surface area contributed by atoms with E-state index < -0.39 is 39.0 Å². The molecule has 0 aromatic carbocycles. The van der Waals surface area contributed by atoms with Crippen molar-refractivity contribution in [2.24, 2.45) is 17.3 Å². The number of likely N-dealkylation sites (tertiary alicyclic amines) is 1. The van der Waals surface area contributed by atoms with Crippen molar-refractivity contribution in [3.05, 3.63) is 0 Å². The van der Waals surface area contributed by atoms with Crippen molar-refractivity contribution in [3.8, 4) is 0 Å². The van der Waals surface area contributed by atoms with E-state index in [4.69, 9.17) is 4.74 Å². The maximum Gasteiger partial charge on any atom is 0.311 e. The van der Waals surface area contributed by atoms with E-state index in [-0.39, 0.29) is 36.4 Å². The van der Waals surface area contributed by atoms with Crippen molar-refractivity contribution >= 4 is 29.5 Å². The molecule has 3 aliphatic rings. The quantitative estimate of drug-likeness (QED) is 0.558. The molecule has 1 spiro atoms. The Kier molecular flexibility index (Phi) is 6.48. The molecular weight excluding hydrogens is 428 g/mol. The normalized spacial score (nSPS) is 35.1. The molecule has 0 aromatic heterocycles. The van der Waals surface area contributed by atoms with Crippen molar-refractivity contribution in [1.82, 2.24) is 10.2 Å². The Labute approximate surface area is 196 Å². The molecule has 0 radical (unpaired) electrons. The second-order valence-corrected chi connectivity index (χ2v) is 13.8. The van der Waals surface area contributed by atoms with Crippen molar-refractivity contribution in [3.63, 3.8) is 0 Å². The molecular formula is C24H40N2O5S. The van der Waals surface area contributed by atoms with Crippen LogP contribution in [0.15, 0.2) is 0 Å². The molecule has 3 heterocycles. The van der Waals surface area contributed by atoms with Crippen LogP contribution in [-0.2, 0) is 19.1 Å². The topological polar surface area (TPSA) is 95.9 Å². The number of ether oxygens (including phenoxy) is 1. The van der Waals surface area contributed by atoms with Crippen LogP contribution in [0.4, 0.5) is 0 Å². The summed E-state index contributed by atoms with van der Waals surface area (Å²) < 4.78 is 4.26. The fourth-order valence-corrected chi connectivity index (χ4v) is 8.92. The summed E-state index contributed by atoms with van der Waals surface area (Å²) in [6, 6.07) is -1.24. The lowest BCUT2D eigenvalue weighted by Gasteiger charge is -2.39. The fourth-order valence-electron chi connectivity index (χ4n) is 6.59. The van der Waals surface area contributed by atoms with Crippen LogP contribution in [-0.4, -0.2) is 68.1 Å². The third-order valence-electron chi connectivity index (χ3n) is 7.18. The fraction of sp³-hybridized carbons (Fsp3) is 0.875. The molecule has 2 unspecified atom stereocenters. The lowest BCUT2D eigenvalue weighted by molar-refractivity contribution is -0.155. The number of nitrogens with zero attached hydrogens (tertiary/aromatic N) is 1. The van der Waals surface area contributed by atoms with Crippen LogP contribution in [0.25, 0.3) is 0 Å². The minimum Gasteiger partial charge on any atom is -0.466 e. The van der Waals surface area contributed by atoms with Crippen LogP contribution >= 0.6 is 11.8 Å². The number of thioether (sulfide) groups is 1. The molecule has 3 fully saturated rings. The van der Waals surface area contributed by atoms with Gasteiger partial charge in [-0.3, -0.25) is 14.4 Å². The Morgan fingerprint density at radius 2 is 1.91 bits per heavy atom. The van der Waals surface area contributed by atoms with Gasteiger partial charge < -0.3 is 20.1 Å². The van der Waals surface area contributed by atoms with Crippen molar-refractivity contribution in [2.75, 3.05) is 13.2 Å². The number of fused-ring (bicyclic) bond motifs is 1. The number of carbonyl (C=O) groups excluding carboxylic acids is 3. The summed E-state index contributed by atoms with van der Waals surface area (Å²) in [4.78, 5) is 42.1.